The van der Waals surface area contributed by atoms with Gasteiger partial charge in [0.2, 0.25) is 5.91 Å². The van der Waals surface area contributed by atoms with Crippen LogP contribution in [-0.2, 0) is 19.0 Å². The fourth-order valence-corrected chi connectivity index (χ4v) is 3.94. The third-order valence-corrected chi connectivity index (χ3v) is 5.29. The van der Waals surface area contributed by atoms with Gasteiger partial charge in [0.1, 0.15) is 5.54 Å². The van der Waals surface area contributed by atoms with E-state index in [9.17, 15) is 4.79 Å². The topological polar surface area (TPSA) is 82.8 Å². The van der Waals surface area contributed by atoms with E-state index >= 15 is 0 Å². The number of nitrogens with two attached hydrogens (primary N) is 1. The SMILES string of the molecule is COC(OC)C(C)NC(=O)C1(N)C2CCCOC2C1(C)C. The van der Waals surface area contributed by atoms with Crippen LogP contribution in [0.2, 0.25) is 0 Å². The molecule has 0 aromatic heterocycles. The van der Waals surface area contributed by atoms with Crippen LogP contribution in [-0.4, -0.2) is 50.7 Å². The molecular formula is C15H28N2O4. The van der Waals surface area contributed by atoms with E-state index in [2.05, 4.69) is 5.32 Å². The molecule has 0 aromatic carbocycles. The van der Waals surface area contributed by atoms with Crippen molar-refractivity contribution in [3.63, 3.8) is 0 Å². The molecule has 0 aromatic rings. The lowest BCUT2D eigenvalue weighted by Gasteiger charge is -2.65. The summed E-state index contributed by atoms with van der Waals surface area (Å²) < 4.78 is 16.2. The molecule has 4 atom stereocenters. The van der Waals surface area contributed by atoms with E-state index in [1.165, 1.54) is 0 Å². The maximum absolute atomic E-state index is 12.8. The van der Waals surface area contributed by atoms with Crippen LogP contribution in [0.15, 0.2) is 0 Å². The highest BCUT2D eigenvalue weighted by Gasteiger charge is 2.70. The maximum Gasteiger partial charge on any atom is 0.241 e. The van der Waals surface area contributed by atoms with Gasteiger partial charge in [-0.2, -0.15) is 0 Å². The third kappa shape index (κ3) is 2.38. The Morgan fingerprint density at radius 3 is 2.57 bits per heavy atom. The number of hydrogen-bond acceptors (Lipinski definition) is 5. The zero-order valence-corrected chi connectivity index (χ0v) is 13.6. The minimum atomic E-state index is -0.904. The normalized spacial score (nSPS) is 35.8. The Bertz CT molecular complexity index is 397. The molecule has 6 nitrogen and oxygen atoms in total. The smallest absolute Gasteiger partial charge is 0.241 e. The molecule has 1 amide bonds. The van der Waals surface area contributed by atoms with Crippen molar-refractivity contribution in [2.75, 3.05) is 20.8 Å². The van der Waals surface area contributed by atoms with Gasteiger partial charge in [-0.15, -0.1) is 0 Å². The average Bonchev–Trinajstić information content (AvgIpc) is 2.47. The van der Waals surface area contributed by atoms with Crippen molar-refractivity contribution in [2.45, 2.75) is 57.6 Å². The molecule has 0 spiro atoms. The fourth-order valence-electron chi connectivity index (χ4n) is 3.94. The highest BCUT2D eigenvalue weighted by molar-refractivity contribution is 5.89. The van der Waals surface area contributed by atoms with Crippen molar-refractivity contribution in [3.05, 3.63) is 0 Å². The largest absolute Gasteiger partial charge is 0.377 e. The van der Waals surface area contributed by atoms with Gasteiger partial charge in [0.15, 0.2) is 6.29 Å². The Labute approximate surface area is 126 Å². The molecule has 1 heterocycles. The predicted octanol–water partition coefficient (Wildman–Crippen LogP) is 0.643. The minimum Gasteiger partial charge on any atom is -0.377 e. The van der Waals surface area contributed by atoms with Crippen molar-refractivity contribution < 1.29 is 19.0 Å². The minimum absolute atomic E-state index is 0.0675. The fraction of sp³-hybridized carbons (Fsp3) is 0.933. The van der Waals surface area contributed by atoms with Crippen molar-refractivity contribution in [1.29, 1.82) is 0 Å². The predicted molar refractivity (Wildman–Crippen MR) is 78.6 cm³/mol. The number of amides is 1. The van der Waals surface area contributed by atoms with Crippen LogP contribution < -0.4 is 11.1 Å². The second-order valence-corrected chi connectivity index (χ2v) is 6.73. The second kappa shape index (κ2) is 5.83. The van der Waals surface area contributed by atoms with E-state index in [1.807, 2.05) is 20.8 Å². The molecule has 6 heteroatoms. The molecule has 4 unspecified atom stereocenters. The average molecular weight is 300 g/mol. The lowest BCUT2D eigenvalue weighted by molar-refractivity contribution is -0.226. The zero-order valence-electron chi connectivity index (χ0n) is 13.6. The second-order valence-electron chi connectivity index (χ2n) is 6.73. The van der Waals surface area contributed by atoms with E-state index < -0.39 is 11.8 Å². The molecule has 2 fully saturated rings. The highest BCUT2D eigenvalue weighted by Crippen LogP contribution is 2.57. The number of nitrogens with one attached hydrogen (secondary N) is 1. The monoisotopic (exact) mass is 300 g/mol. The summed E-state index contributed by atoms with van der Waals surface area (Å²) in [6.07, 6.45) is 1.47. The van der Waals surface area contributed by atoms with Crippen LogP contribution in [0.1, 0.15) is 33.6 Å². The number of carbonyl (C=O) groups is 1. The maximum atomic E-state index is 12.8. The summed E-state index contributed by atoms with van der Waals surface area (Å²) in [5.41, 5.74) is 5.25. The van der Waals surface area contributed by atoms with E-state index in [0.717, 1.165) is 19.4 Å². The molecular weight excluding hydrogens is 272 g/mol. The van der Waals surface area contributed by atoms with Gasteiger partial charge < -0.3 is 25.3 Å². The van der Waals surface area contributed by atoms with Crippen LogP contribution in [0.3, 0.4) is 0 Å². The molecule has 0 bridgehead atoms. The third-order valence-electron chi connectivity index (χ3n) is 5.29. The van der Waals surface area contributed by atoms with Crippen molar-refractivity contribution in [1.82, 2.24) is 5.32 Å². The molecule has 0 radical (unpaired) electrons. The van der Waals surface area contributed by atoms with Crippen LogP contribution in [0.5, 0.6) is 0 Å². The van der Waals surface area contributed by atoms with Gasteiger partial charge in [0.05, 0.1) is 12.1 Å². The van der Waals surface area contributed by atoms with E-state index in [4.69, 9.17) is 19.9 Å². The molecule has 2 aliphatic rings. The van der Waals surface area contributed by atoms with Gasteiger partial charge in [-0.25, -0.2) is 0 Å². The Morgan fingerprint density at radius 2 is 2.00 bits per heavy atom. The molecule has 21 heavy (non-hydrogen) atoms. The summed E-state index contributed by atoms with van der Waals surface area (Å²) in [4.78, 5) is 12.8. The first kappa shape index (κ1) is 16.7. The molecule has 122 valence electrons. The Morgan fingerprint density at radius 1 is 1.38 bits per heavy atom. The summed E-state index contributed by atoms with van der Waals surface area (Å²) in [7, 11) is 3.10. The summed E-state index contributed by atoms with van der Waals surface area (Å²) >= 11 is 0. The number of hydrogen-bond donors (Lipinski definition) is 2. The van der Waals surface area contributed by atoms with Crippen LogP contribution in [0, 0.1) is 11.3 Å². The molecule has 3 N–H and O–H groups in total. The molecule has 2 rings (SSSR count). The summed E-state index contributed by atoms with van der Waals surface area (Å²) in [6, 6.07) is -0.271. The summed E-state index contributed by atoms with van der Waals surface area (Å²) in [5, 5.41) is 2.94. The van der Waals surface area contributed by atoms with Crippen LogP contribution in [0.4, 0.5) is 0 Å². The Balaban J connectivity index is 2.10. The standard InChI is InChI=1S/C15H28N2O4/c1-9(12(19-4)20-5)17-13(18)15(16)10-7-6-8-21-11(10)14(15,2)3/h9-12H,6-8,16H2,1-5H3,(H,17,18). The number of methoxy groups -OCH3 is 2. The first-order valence-electron chi connectivity index (χ1n) is 7.57. The number of ether oxygens (including phenoxy) is 3. The van der Waals surface area contributed by atoms with Gasteiger partial charge in [0, 0.05) is 32.2 Å². The quantitative estimate of drug-likeness (QED) is 0.728. The number of carbonyl (C=O) groups excluding carboxylic acids is 1. The van der Waals surface area contributed by atoms with Gasteiger partial charge in [0.25, 0.3) is 0 Å². The Kier molecular flexibility index (Phi) is 4.63. The van der Waals surface area contributed by atoms with Crippen molar-refractivity contribution in [3.8, 4) is 0 Å². The molecule has 1 saturated carbocycles. The van der Waals surface area contributed by atoms with E-state index in [-0.39, 0.29) is 29.4 Å². The number of rotatable bonds is 5. The summed E-state index contributed by atoms with van der Waals surface area (Å²) in [6.45, 7) is 6.62. The lowest BCUT2D eigenvalue weighted by Crippen LogP contribution is -2.82. The Hall–Kier alpha value is -0.690. The van der Waals surface area contributed by atoms with Crippen LogP contribution in [0.25, 0.3) is 0 Å². The van der Waals surface area contributed by atoms with Crippen molar-refractivity contribution in [2.24, 2.45) is 17.1 Å². The van der Waals surface area contributed by atoms with Crippen molar-refractivity contribution >= 4 is 5.91 Å². The van der Waals surface area contributed by atoms with Gasteiger partial charge in [-0.3, -0.25) is 4.79 Å². The van der Waals surface area contributed by atoms with Gasteiger partial charge >= 0.3 is 0 Å². The molecule has 1 aliphatic carbocycles. The zero-order chi connectivity index (χ0) is 15.8. The van der Waals surface area contributed by atoms with Crippen LogP contribution >= 0.6 is 0 Å². The van der Waals surface area contributed by atoms with Gasteiger partial charge in [-0.05, 0) is 19.8 Å². The van der Waals surface area contributed by atoms with E-state index in [0.29, 0.717) is 0 Å². The van der Waals surface area contributed by atoms with Gasteiger partial charge in [-0.1, -0.05) is 13.8 Å². The highest BCUT2D eigenvalue weighted by atomic mass is 16.7. The molecule has 1 saturated heterocycles. The first-order valence-corrected chi connectivity index (χ1v) is 7.57. The lowest BCUT2D eigenvalue weighted by atomic mass is 9.46. The first-order chi connectivity index (χ1) is 9.80. The molecule has 1 aliphatic heterocycles. The summed E-state index contributed by atoms with van der Waals surface area (Å²) in [5.74, 6) is -0.0668. The van der Waals surface area contributed by atoms with E-state index in [1.54, 1.807) is 14.2 Å². The number of fused-ring (bicyclic) bond motifs is 1.